The van der Waals surface area contributed by atoms with E-state index in [2.05, 4.69) is 50.1 Å². The summed E-state index contributed by atoms with van der Waals surface area (Å²) in [6.07, 6.45) is 22.0. The van der Waals surface area contributed by atoms with Gasteiger partial charge in [0.1, 0.15) is 24.1 Å². The highest BCUT2D eigenvalue weighted by molar-refractivity contribution is 6.67. The molecule has 6 aliphatic carbocycles. The van der Waals surface area contributed by atoms with Crippen molar-refractivity contribution in [2.75, 3.05) is 140 Å². The number of nitrogens with two attached hydrogens (primary N) is 5. The predicted molar refractivity (Wildman–Crippen MR) is 434 cm³/mol. The number of carbonyl (C=O) groups excluding carboxylic acids is 5. The van der Waals surface area contributed by atoms with Crippen molar-refractivity contribution in [1.29, 1.82) is 5.26 Å². The summed E-state index contributed by atoms with van der Waals surface area (Å²) in [7, 11) is 0. The van der Waals surface area contributed by atoms with Crippen molar-refractivity contribution in [3.63, 3.8) is 0 Å². The Morgan fingerprint density at radius 3 is 1.54 bits per heavy atom. The first kappa shape index (κ1) is 92.7. The quantitative estimate of drug-likeness (QED) is 0.0157. The molecule has 3 spiro atoms. The number of pyridine rings is 2. The van der Waals surface area contributed by atoms with Gasteiger partial charge in [-0.1, -0.05) is 44.5 Å². The molecule has 0 radical (unpaired) electrons. The smallest absolute Gasteiger partial charge is 0.248 e. The lowest BCUT2D eigenvalue weighted by Crippen LogP contribution is -2.32. The third-order valence-electron chi connectivity index (χ3n) is 20.3. The van der Waals surface area contributed by atoms with Crippen LogP contribution in [-0.4, -0.2) is 198 Å². The summed E-state index contributed by atoms with van der Waals surface area (Å²) in [5, 5.41) is 37.6. The number of ether oxygens (including phenoxy) is 5. The fraction of sp³-hybridized carbons (Fsp3) is 0.600. The third kappa shape index (κ3) is 32.0. The minimum atomic E-state index is -0.508. The second-order valence-electron chi connectivity index (χ2n) is 29.7. The maximum atomic E-state index is 11.5. The molecule has 2 aromatic carbocycles. The van der Waals surface area contributed by atoms with Crippen molar-refractivity contribution in [1.82, 2.24) is 35.2 Å². The van der Waals surface area contributed by atoms with Gasteiger partial charge in [0.25, 0.3) is 0 Å². The Balaban J connectivity index is 0.000000206. The molecule has 111 heavy (non-hydrogen) atoms. The molecule has 0 bridgehead atoms. The second-order valence-corrected chi connectivity index (χ2v) is 31.0. The molecule has 4 aromatic heterocycles. The van der Waals surface area contributed by atoms with Gasteiger partial charge < -0.3 is 77.9 Å². The number of hydrogen-bond acceptors (Lipinski definition) is 24. The van der Waals surface area contributed by atoms with Gasteiger partial charge in [-0.15, -0.1) is 23.2 Å². The van der Waals surface area contributed by atoms with E-state index >= 15 is 0 Å². The molecule has 0 unspecified atom stereocenters. The number of nitriles is 1. The molecule has 9 fully saturated rings. The number of aromatic nitrogens is 6. The minimum absolute atomic E-state index is 0.00150. The summed E-state index contributed by atoms with van der Waals surface area (Å²) in [4.78, 5) is 82.1. The molecule has 3 aliphatic heterocycles. The summed E-state index contributed by atoms with van der Waals surface area (Å²) in [6, 6.07) is 23.3. The van der Waals surface area contributed by atoms with Crippen molar-refractivity contribution in [2.45, 2.75) is 150 Å². The standard InChI is InChI=1S/C21H22N6O2.C14H10ClN5O.C8H12O2.C8H14O.C7H12ClNO2.C5H11NO.C5H7NO.2C5H12O.C2H2Cl2O/c22-17-15-4-5-16(13-2-1-3-14(10-13)18(23)28)24-19(15)26-20(25-17)27-8-9-29-12-21(11-27)6-7-21;15-14-19-11(16)9-4-5-10(18-13(9)20-14)7-2-1-3-8(6-7)12(17)21;9-7-1-2-8(3-4-8)6-10-5-7;1-2-6-9-7-8(3-1)4-5-8;8-3-6(11)9-4-7(5-10)1-2-7;2*6-3-5(4-7)1-2-5;2*1-3-5-6-4-2;3-1-2(4)5/h1-5,10H,6-9,11-12H2,(H2,23,28)(H2,22,24,25,26);1-6H,(H2,17,21)(H2,16,18,19,20);1-6H2;1-7H2;10H,1-5H2,(H,9,11);7H,1-4,6H2;7H,1-2,4H2;2*3-5H2,1-2H3;1H2. The molecule has 3 saturated heterocycles. The minimum Gasteiger partial charge on any atom is -0.396 e. The van der Waals surface area contributed by atoms with Gasteiger partial charge in [0.05, 0.1) is 79.2 Å². The highest BCUT2D eigenvalue weighted by atomic mass is 35.5. The number of benzene rings is 2. The summed E-state index contributed by atoms with van der Waals surface area (Å²) in [5.41, 5.74) is 33.9. The molecule has 3 amide bonds. The average Bonchev–Trinajstić information content (AvgIpc) is 1.45. The van der Waals surface area contributed by atoms with E-state index in [4.69, 9.17) is 129 Å². The maximum Gasteiger partial charge on any atom is 0.248 e. The number of primary amides is 2. The maximum absolute atomic E-state index is 11.5. The third-order valence-corrected chi connectivity index (χ3v) is 21.2. The Kier molecular flexibility index (Phi) is 38.7. The number of nitrogens with zero attached hydrogens (tertiary/aromatic N) is 8. The lowest BCUT2D eigenvalue weighted by atomic mass is 10.0. The molecule has 7 heterocycles. The topological polar surface area (TPSA) is 439 Å². The van der Waals surface area contributed by atoms with Crippen molar-refractivity contribution < 1.29 is 63.0 Å². The summed E-state index contributed by atoms with van der Waals surface area (Å²) < 4.78 is 26.4. The van der Waals surface area contributed by atoms with Gasteiger partial charge in [-0.05, 0) is 206 Å². The van der Waals surface area contributed by atoms with Crippen LogP contribution in [0.1, 0.15) is 170 Å². The van der Waals surface area contributed by atoms with Gasteiger partial charge in [-0.2, -0.15) is 20.2 Å². The molecule has 27 nitrogen and oxygen atoms in total. The molecule has 610 valence electrons. The number of halogens is 4. The van der Waals surface area contributed by atoms with Crippen LogP contribution in [-0.2, 0) is 38.1 Å². The zero-order valence-corrected chi connectivity index (χ0v) is 67.7. The molecule has 15 rings (SSSR count). The number of fused-ring (bicyclic) bond motifs is 2. The lowest BCUT2D eigenvalue weighted by Gasteiger charge is -2.23. The van der Waals surface area contributed by atoms with Crippen molar-refractivity contribution in [3.05, 3.63) is 89.2 Å². The normalized spacial score (nSPS) is 18.3. The van der Waals surface area contributed by atoms with Gasteiger partial charge in [0.15, 0.2) is 17.1 Å². The molecule has 9 aliphatic rings. The first-order chi connectivity index (χ1) is 53.3. The molecule has 0 atom stereocenters. The number of ketones is 1. The van der Waals surface area contributed by atoms with E-state index in [1.54, 1.807) is 48.5 Å². The summed E-state index contributed by atoms with van der Waals surface area (Å²) >= 11 is 20.6. The Hall–Kier alpha value is -7.14. The predicted octanol–water partition coefficient (Wildman–Crippen LogP) is 11.1. The number of alkyl halides is 2. The van der Waals surface area contributed by atoms with Crippen LogP contribution in [0, 0.1) is 43.8 Å². The van der Waals surface area contributed by atoms with E-state index in [1.165, 1.54) is 57.8 Å². The number of nitrogens with one attached hydrogen (secondary N) is 1. The monoisotopic (exact) mass is 1620 g/mol. The number of nitrogen functional groups attached to an aromatic ring is 2. The molecule has 6 aromatic rings. The Morgan fingerprint density at radius 2 is 1.12 bits per heavy atom. The van der Waals surface area contributed by atoms with Crippen LogP contribution in [0.4, 0.5) is 17.6 Å². The summed E-state index contributed by atoms with van der Waals surface area (Å²) in [5.74, 6) is 0.326. The van der Waals surface area contributed by atoms with Crippen molar-refractivity contribution in [2.24, 2.45) is 49.7 Å². The molecule has 31 heteroatoms. The van der Waals surface area contributed by atoms with E-state index in [1.807, 2.05) is 38.1 Å². The van der Waals surface area contributed by atoms with Gasteiger partial charge in [-0.3, -0.25) is 24.0 Å². The Labute approximate surface area is 671 Å². The second kappa shape index (κ2) is 46.3. The van der Waals surface area contributed by atoms with Crippen LogP contribution in [0.25, 0.3) is 44.6 Å². The number of anilines is 3. The van der Waals surface area contributed by atoms with Gasteiger partial charge in [0.2, 0.25) is 34.2 Å². The van der Waals surface area contributed by atoms with E-state index in [0.29, 0.717) is 93.5 Å². The Morgan fingerprint density at radius 1 is 0.613 bits per heavy atom. The Bertz CT molecular complexity index is 3950. The number of aliphatic hydroxyl groups excluding tert-OH is 3. The number of amides is 3. The summed E-state index contributed by atoms with van der Waals surface area (Å²) in [6.45, 7) is 19.8. The van der Waals surface area contributed by atoms with E-state index < -0.39 is 17.1 Å². The number of aliphatic hydroxyl groups is 3. The zero-order chi connectivity index (χ0) is 81.1. The molecular formula is C80H114Cl4N14O13. The van der Waals surface area contributed by atoms with Gasteiger partial charge in [-0.25, -0.2) is 15.0 Å². The highest BCUT2D eigenvalue weighted by Crippen LogP contribution is 2.52. The van der Waals surface area contributed by atoms with E-state index in [-0.39, 0.29) is 76.0 Å². The lowest BCUT2D eigenvalue weighted by molar-refractivity contribution is -0.122. The van der Waals surface area contributed by atoms with Crippen LogP contribution in [0.3, 0.4) is 0 Å². The van der Waals surface area contributed by atoms with Crippen LogP contribution < -0.4 is 38.9 Å². The van der Waals surface area contributed by atoms with Gasteiger partial charge >= 0.3 is 0 Å². The van der Waals surface area contributed by atoms with Crippen LogP contribution in [0.2, 0.25) is 5.28 Å². The number of rotatable bonds is 19. The number of Topliss-reactive ketones (excluding diaryl/α,β-unsaturated/α-hetero) is 1. The van der Waals surface area contributed by atoms with Gasteiger partial charge in [0, 0.05) is 111 Å². The first-order valence-corrected chi connectivity index (χ1v) is 40.1. The molecule has 6 saturated carbocycles. The van der Waals surface area contributed by atoms with E-state index in [9.17, 15) is 24.0 Å². The van der Waals surface area contributed by atoms with Crippen LogP contribution >= 0.6 is 46.4 Å². The number of hydrogen-bond donors (Lipinski definition) is 9. The highest BCUT2D eigenvalue weighted by Gasteiger charge is 2.47. The van der Waals surface area contributed by atoms with Crippen LogP contribution in [0.5, 0.6) is 0 Å². The fourth-order valence-corrected chi connectivity index (χ4v) is 11.7. The largest absolute Gasteiger partial charge is 0.396 e. The fourth-order valence-electron chi connectivity index (χ4n) is 11.5. The zero-order valence-electron chi connectivity index (χ0n) is 64.7. The van der Waals surface area contributed by atoms with Crippen molar-refractivity contribution in [3.8, 4) is 28.6 Å². The van der Waals surface area contributed by atoms with Crippen LogP contribution in [0.15, 0.2) is 72.8 Å². The number of carbonyl (C=O) groups is 5. The molecular weight excluding hydrogens is 1510 g/mol. The average molecular weight is 1620 g/mol. The van der Waals surface area contributed by atoms with Crippen molar-refractivity contribution >= 4 is 115 Å². The molecule has 14 N–H and O–H groups in total. The SMILES string of the molecule is C1CCC2(CC2)COC1.CCCOCC.CCCOCC.N#CC1(CO)CC1.NC(=O)c1cccc(-c2ccc3c(N)nc(Cl)nc3n2)c1.NC(=O)c1cccc(-c2ccc3c(N)nc(N4CCOCC5(CC5)C4)nc3n2)c1.NCC1(CO)CC1.O=C(CCl)NCC1(CO)CC1.O=C(Cl)CCl.O=C1CCC2(CC2)COC1. The van der Waals surface area contributed by atoms with E-state index in [0.717, 1.165) is 141 Å². The first-order valence-electron chi connectivity index (χ1n) is 38.3.